The van der Waals surface area contributed by atoms with Crippen molar-refractivity contribution in [3.8, 4) is 5.75 Å². The first-order valence-corrected chi connectivity index (χ1v) is 12.1. The van der Waals surface area contributed by atoms with Gasteiger partial charge in [0.15, 0.2) is 5.69 Å². The Labute approximate surface area is 206 Å². The molecule has 186 valence electrons. The second-order valence-electron chi connectivity index (χ2n) is 8.75. The Kier molecular flexibility index (Phi) is 8.89. The molecule has 1 aliphatic heterocycles. The van der Waals surface area contributed by atoms with Gasteiger partial charge in [-0.2, -0.15) is 0 Å². The lowest BCUT2D eigenvalue weighted by molar-refractivity contribution is 0.0320. The van der Waals surface area contributed by atoms with Crippen molar-refractivity contribution in [2.24, 2.45) is 0 Å². The molecular weight excluding hydrogens is 444 g/mol. The van der Waals surface area contributed by atoms with Crippen molar-refractivity contribution in [2.45, 2.75) is 26.1 Å². The first kappa shape index (κ1) is 24.9. The van der Waals surface area contributed by atoms with Gasteiger partial charge in [0.25, 0.3) is 5.91 Å². The zero-order chi connectivity index (χ0) is 24.5. The first-order valence-electron chi connectivity index (χ1n) is 12.1. The van der Waals surface area contributed by atoms with Gasteiger partial charge in [-0.3, -0.25) is 14.6 Å². The number of benzene rings is 2. The molecule has 1 saturated heterocycles. The molecule has 0 radical (unpaired) electrons. The van der Waals surface area contributed by atoms with Crippen molar-refractivity contribution in [3.05, 3.63) is 83.6 Å². The predicted molar refractivity (Wildman–Crippen MR) is 133 cm³/mol. The third-order valence-corrected chi connectivity index (χ3v) is 6.17. The van der Waals surface area contributed by atoms with Crippen LogP contribution in [0.3, 0.4) is 0 Å². The Balaban J connectivity index is 1.40. The van der Waals surface area contributed by atoms with Crippen molar-refractivity contribution in [1.29, 1.82) is 0 Å². The van der Waals surface area contributed by atoms with Gasteiger partial charge in [-0.1, -0.05) is 42.5 Å². The average molecular weight is 479 g/mol. The van der Waals surface area contributed by atoms with Crippen molar-refractivity contribution >= 4 is 5.91 Å². The molecule has 8 nitrogen and oxygen atoms in total. The highest BCUT2D eigenvalue weighted by atomic mass is 16.5. The minimum atomic E-state index is -0.246. The number of amides is 1. The Bertz CT molecular complexity index is 1070. The van der Waals surface area contributed by atoms with Crippen LogP contribution in [0.5, 0.6) is 5.75 Å². The maximum absolute atomic E-state index is 12.7. The third kappa shape index (κ3) is 7.39. The van der Waals surface area contributed by atoms with E-state index in [1.54, 1.807) is 7.11 Å². The quantitative estimate of drug-likeness (QED) is 0.452. The monoisotopic (exact) mass is 478 g/mol. The Hall–Kier alpha value is -3.20. The van der Waals surface area contributed by atoms with Gasteiger partial charge in [0, 0.05) is 32.7 Å². The maximum atomic E-state index is 12.7. The summed E-state index contributed by atoms with van der Waals surface area (Å²) in [5.74, 6) is 1.11. The summed E-state index contributed by atoms with van der Waals surface area (Å²) in [6.07, 6.45) is 1.44. The number of aromatic nitrogens is 1. The van der Waals surface area contributed by atoms with Gasteiger partial charge in [0.2, 0.25) is 5.89 Å². The fourth-order valence-corrected chi connectivity index (χ4v) is 4.13. The topological polar surface area (TPSA) is 80.1 Å². The summed E-state index contributed by atoms with van der Waals surface area (Å²) in [6.45, 7) is 8.37. The van der Waals surface area contributed by atoms with E-state index in [4.69, 9.17) is 13.9 Å². The molecule has 0 bridgehead atoms. The smallest absolute Gasteiger partial charge is 0.273 e. The van der Waals surface area contributed by atoms with E-state index in [1.165, 1.54) is 6.26 Å². The van der Waals surface area contributed by atoms with Crippen molar-refractivity contribution < 1.29 is 18.7 Å². The molecule has 1 unspecified atom stereocenters. The van der Waals surface area contributed by atoms with E-state index in [0.717, 1.165) is 62.8 Å². The summed E-state index contributed by atoms with van der Waals surface area (Å²) >= 11 is 0. The summed E-state index contributed by atoms with van der Waals surface area (Å²) in [5.41, 5.74) is 2.47. The van der Waals surface area contributed by atoms with E-state index in [9.17, 15) is 4.79 Å². The largest absolute Gasteiger partial charge is 0.497 e. The number of oxazole rings is 1. The zero-order valence-corrected chi connectivity index (χ0v) is 20.5. The number of ether oxygens (including phenoxy) is 2. The molecule has 35 heavy (non-hydrogen) atoms. The summed E-state index contributed by atoms with van der Waals surface area (Å²) in [5, 5.41) is 2.99. The number of rotatable bonds is 11. The maximum Gasteiger partial charge on any atom is 0.273 e. The number of nitrogens with one attached hydrogen (secondary N) is 1. The summed E-state index contributed by atoms with van der Waals surface area (Å²) in [4.78, 5) is 21.9. The van der Waals surface area contributed by atoms with Crippen LogP contribution in [0, 0.1) is 0 Å². The van der Waals surface area contributed by atoms with Gasteiger partial charge in [-0.15, -0.1) is 0 Å². The normalized spacial score (nSPS) is 15.2. The number of carbonyl (C=O) groups is 1. The molecule has 0 saturated carbocycles. The van der Waals surface area contributed by atoms with E-state index < -0.39 is 0 Å². The van der Waals surface area contributed by atoms with Crippen LogP contribution in [-0.4, -0.2) is 67.2 Å². The van der Waals surface area contributed by atoms with Gasteiger partial charge in [-0.25, -0.2) is 4.98 Å². The van der Waals surface area contributed by atoms with Crippen LogP contribution >= 0.6 is 0 Å². The standard InChI is InChI=1S/C27H34N4O4/c1-21(23-8-4-3-5-9-23)28-27(32)25-20-35-26(29-25)19-31(12-11-30-13-15-34-16-14-30)18-22-7-6-10-24(17-22)33-2/h3-10,17,20-21H,11-16,18-19H2,1-2H3,(H,28,32). The van der Waals surface area contributed by atoms with Crippen molar-refractivity contribution in [3.63, 3.8) is 0 Å². The highest BCUT2D eigenvalue weighted by molar-refractivity contribution is 5.92. The molecule has 8 heteroatoms. The fourth-order valence-electron chi connectivity index (χ4n) is 4.13. The van der Waals surface area contributed by atoms with Gasteiger partial charge in [-0.05, 0) is 30.2 Å². The third-order valence-electron chi connectivity index (χ3n) is 6.17. The molecule has 1 fully saturated rings. The summed E-state index contributed by atoms with van der Waals surface area (Å²) in [6, 6.07) is 17.8. The van der Waals surface area contributed by atoms with Gasteiger partial charge in [0.1, 0.15) is 12.0 Å². The number of hydrogen-bond acceptors (Lipinski definition) is 7. The molecule has 0 spiro atoms. The van der Waals surface area contributed by atoms with E-state index >= 15 is 0 Å². The van der Waals surface area contributed by atoms with Crippen LogP contribution in [-0.2, 0) is 17.8 Å². The molecule has 0 aliphatic carbocycles. The summed E-state index contributed by atoms with van der Waals surface area (Å²) in [7, 11) is 1.67. The lowest BCUT2D eigenvalue weighted by Crippen LogP contribution is -2.41. The number of methoxy groups -OCH3 is 1. The zero-order valence-electron chi connectivity index (χ0n) is 20.5. The highest BCUT2D eigenvalue weighted by Gasteiger charge is 2.19. The number of hydrogen-bond donors (Lipinski definition) is 1. The predicted octanol–water partition coefficient (Wildman–Crippen LogP) is 3.51. The molecular formula is C27H34N4O4. The van der Waals surface area contributed by atoms with Crippen molar-refractivity contribution in [1.82, 2.24) is 20.1 Å². The molecule has 2 heterocycles. The van der Waals surface area contributed by atoms with Gasteiger partial charge < -0.3 is 19.2 Å². The second kappa shape index (κ2) is 12.5. The molecule has 3 aromatic rings. The van der Waals surface area contributed by atoms with Crippen LogP contribution in [0.1, 0.15) is 40.5 Å². The van der Waals surface area contributed by atoms with Gasteiger partial charge >= 0.3 is 0 Å². The molecule has 4 rings (SSSR count). The first-order chi connectivity index (χ1) is 17.1. The average Bonchev–Trinajstić information content (AvgIpc) is 3.37. The van der Waals surface area contributed by atoms with Crippen LogP contribution in [0.4, 0.5) is 0 Å². The second-order valence-corrected chi connectivity index (χ2v) is 8.75. The van der Waals surface area contributed by atoms with E-state index in [0.29, 0.717) is 12.4 Å². The van der Waals surface area contributed by atoms with Crippen LogP contribution in [0.2, 0.25) is 0 Å². The Morgan fingerprint density at radius 3 is 2.71 bits per heavy atom. The summed E-state index contributed by atoms with van der Waals surface area (Å²) < 4.78 is 16.6. The number of carbonyl (C=O) groups excluding carboxylic acids is 1. The van der Waals surface area contributed by atoms with E-state index in [2.05, 4.69) is 26.2 Å². The Morgan fingerprint density at radius 2 is 1.94 bits per heavy atom. The number of morpholine rings is 1. The fraction of sp³-hybridized carbons (Fsp3) is 0.407. The lowest BCUT2D eigenvalue weighted by Gasteiger charge is -2.29. The van der Waals surface area contributed by atoms with Crippen LogP contribution in [0.25, 0.3) is 0 Å². The molecule has 1 atom stereocenters. The molecule has 2 aromatic carbocycles. The Morgan fingerprint density at radius 1 is 1.14 bits per heavy atom. The van der Waals surface area contributed by atoms with Crippen LogP contribution in [0.15, 0.2) is 65.3 Å². The number of nitrogens with zero attached hydrogens (tertiary/aromatic N) is 3. The van der Waals surface area contributed by atoms with Gasteiger partial charge in [0.05, 0.1) is 32.9 Å². The van der Waals surface area contributed by atoms with Crippen molar-refractivity contribution in [2.75, 3.05) is 46.5 Å². The molecule has 1 aliphatic rings. The van der Waals surface area contributed by atoms with Crippen LogP contribution < -0.4 is 10.1 Å². The van der Waals surface area contributed by atoms with E-state index in [1.807, 2.05) is 55.5 Å². The van der Waals surface area contributed by atoms with E-state index in [-0.39, 0.29) is 17.6 Å². The SMILES string of the molecule is COc1cccc(CN(CCN2CCOCC2)Cc2nc(C(=O)NC(C)c3ccccc3)co2)c1. The minimum Gasteiger partial charge on any atom is -0.497 e. The minimum absolute atomic E-state index is 0.123. The molecule has 1 N–H and O–H groups in total. The molecule has 1 amide bonds. The molecule has 1 aromatic heterocycles. The highest BCUT2D eigenvalue weighted by Crippen LogP contribution is 2.17. The lowest BCUT2D eigenvalue weighted by atomic mass is 10.1.